The van der Waals surface area contributed by atoms with Gasteiger partial charge in [-0.05, 0) is 20.8 Å². The molecule has 0 N–H and O–H groups in total. The molecule has 0 aromatic heterocycles. The third-order valence-electron chi connectivity index (χ3n) is 3.03. The molecule has 1 heterocycles. The van der Waals surface area contributed by atoms with Gasteiger partial charge in [-0.1, -0.05) is 25.3 Å². The summed E-state index contributed by atoms with van der Waals surface area (Å²) in [6.07, 6.45) is 8.24. The van der Waals surface area contributed by atoms with Gasteiger partial charge < -0.3 is 0 Å². The van der Waals surface area contributed by atoms with Crippen LogP contribution in [0.15, 0.2) is 48.9 Å². The summed E-state index contributed by atoms with van der Waals surface area (Å²) < 4.78 is 0.801. The average Bonchev–Trinajstić information content (AvgIpc) is 2.42. The Labute approximate surface area is 87.3 Å². The second kappa shape index (κ2) is 3.25. The van der Waals surface area contributed by atoms with Crippen LogP contribution in [0.1, 0.15) is 20.8 Å². The van der Waals surface area contributed by atoms with E-state index < -0.39 is 0 Å². The fraction of sp³-hybridized carbons (Fsp3) is 0.385. The zero-order chi connectivity index (χ0) is 11.0. The molecule has 0 atom stereocenters. The van der Waals surface area contributed by atoms with Crippen molar-refractivity contribution in [2.45, 2.75) is 26.3 Å². The minimum absolute atomic E-state index is 0.166. The number of hydrogen-bond acceptors (Lipinski definition) is 0. The Kier molecular flexibility index (Phi) is 2.55. The van der Waals surface area contributed by atoms with Gasteiger partial charge in [0.15, 0.2) is 0 Å². The van der Waals surface area contributed by atoms with Crippen LogP contribution in [-0.2, 0) is 0 Å². The minimum Gasteiger partial charge on any atom is -0.268 e. The highest BCUT2D eigenvalue weighted by atomic mass is 15.4. The first-order chi connectivity index (χ1) is 6.34. The van der Waals surface area contributed by atoms with Gasteiger partial charge in [-0.25, -0.2) is 0 Å². The van der Waals surface area contributed by atoms with Crippen molar-refractivity contribution in [2.24, 2.45) is 0 Å². The molecule has 0 saturated heterocycles. The quantitative estimate of drug-likeness (QED) is 0.585. The lowest BCUT2D eigenvalue weighted by molar-refractivity contribution is -0.855. The van der Waals surface area contributed by atoms with E-state index in [0.717, 1.165) is 4.48 Å². The van der Waals surface area contributed by atoms with Gasteiger partial charge in [0.2, 0.25) is 0 Å². The van der Waals surface area contributed by atoms with E-state index in [1.165, 1.54) is 11.1 Å². The van der Waals surface area contributed by atoms with Crippen LogP contribution in [0.4, 0.5) is 0 Å². The Balaban J connectivity index is 3.21. The Hall–Kier alpha value is -1.08. The molecule has 1 nitrogen and oxygen atoms in total. The number of rotatable bonds is 2. The maximum absolute atomic E-state index is 3.82. The van der Waals surface area contributed by atoms with Gasteiger partial charge in [-0.2, -0.15) is 0 Å². The van der Waals surface area contributed by atoms with E-state index in [9.17, 15) is 0 Å². The van der Waals surface area contributed by atoms with Crippen molar-refractivity contribution < 1.29 is 4.48 Å². The second-order valence-corrected chi connectivity index (χ2v) is 4.90. The molecule has 76 valence electrons. The molecule has 1 aliphatic heterocycles. The lowest BCUT2D eigenvalue weighted by atomic mass is 10.0. The molecular weight excluding hydrogens is 170 g/mol. The largest absolute Gasteiger partial charge is 0.268 e. The topological polar surface area (TPSA) is 0 Å². The van der Waals surface area contributed by atoms with Gasteiger partial charge in [-0.3, -0.25) is 4.48 Å². The van der Waals surface area contributed by atoms with Gasteiger partial charge in [0.05, 0.1) is 12.6 Å². The molecule has 0 saturated carbocycles. The number of hydrogen-bond donors (Lipinski definition) is 0. The van der Waals surface area contributed by atoms with E-state index in [0.29, 0.717) is 0 Å². The SMILES string of the molecule is C=CC1=C[N+](C)(C(C)(C)C)C=C1C=C. The molecule has 0 aliphatic carbocycles. The molecule has 0 aromatic rings. The highest BCUT2D eigenvalue weighted by molar-refractivity contribution is 5.45. The van der Waals surface area contributed by atoms with Crippen LogP contribution in [0.5, 0.6) is 0 Å². The summed E-state index contributed by atoms with van der Waals surface area (Å²) in [5, 5.41) is 0. The first-order valence-corrected chi connectivity index (χ1v) is 4.91. The summed E-state index contributed by atoms with van der Waals surface area (Å²) in [5.74, 6) is 0. The highest BCUT2D eigenvalue weighted by Gasteiger charge is 2.37. The van der Waals surface area contributed by atoms with Crippen LogP contribution < -0.4 is 0 Å². The summed E-state index contributed by atoms with van der Waals surface area (Å²) in [5.41, 5.74) is 2.52. The lowest BCUT2D eigenvalue weighted by Crippen LogP contribution is -2.47. The van der Waals surface area contributed by atoms with Crippen molar-refractivity contribution in [2.75, 3.05) is 7.05 Å². The maximum Gasteiger partial charge on any atom is 0.109 e. The summed E-state index contributed by atoms with van der Waals surface area (Å²) in [6.45, 7) is 14.3. The van der Waals surface area contributed by atoms with Crippen molar-refractivity contribution in [3.05, 3.63) is 48.9 Å². The van der Waals surface area contributed by atoms with Crippen molar-refractivity contribution in [3.63, 3.8) is 0 Å². The predicted molar refractivity (Wildman–Crippen MR) is 62.5 cm³/mol. The monoisotopic (exact) mass is 190 g/mol. The normalized spacial score (nSPS) is 20.0. The van der Waals surface area contributed by atoms with Crippen LogP contribution in [-0.4, -0.2) is 17.1 Å². The van der Waals surface area contributed by atoms with Crippen molar-refractivity contribution in [3.8, 4) is 0 Å². The zero-order valence-electron chi connectivity index (χ0n) is 9.67. The Morgan fingerprint density at radius 1 is 1.07 bits per heavy atom. The fourth-order valence-corrected chi connectivity index (χ4v) is 1.49. The molecule has 14 heavy (non-hydrogen) atoms. The van der Waals surface area contributed by atoms with E-state index in [-0.39, 0.29) is 5.54 Å². The fourth-order valence-electron chi connectivity index (χ4n) is 1.49. The summed E-state index contributed by atoms with van der Waals surface area (Å²) in [6, 6.07) is 0. The summed E-state index contributed by atoms with van der Waals surface area (Å²) >= 11 is 0. The summed E-state index contributed by atoms with van der Waals surface area (Å²) in [4.78, 5) is 0. The third-order valence-corrected chi connectivity index (χ3v) is 3.03. The third kappa shape index (κ3) is 1.60. The van der Waals surface area contributed by atoms with Gasteiger partial charge >= 0.3 is 0 Å². The molecule has 0 unspecified atom stereocenters. The molecule has 0 bridgehead atoms. The second-order valence-electron chi connectivity index (χ2n) is 4.90. The number of nitrogens with zero attached hydrogens (tertiary/aromatic N) is 1. The molecule has 0 spiro atoms. The van der Waals surface area contributed by atoms with Crippen LogP contribution in [0.2, 0.25) is 0 Å². The predicted octanol–water partition coefficient (Wildman–Crippen LogP) is 3.38. The maximum atomic E-state index is 3.82. The van der Waals surface area contributed by atoms with Crippen LogP contribution in [0, 0.1) is 0 Å². The smallest absolute Gasteiger partial charge is 0.109 e. The first-order valence-electron chi connectivity index (χ1n) is 4.91. The molecule has 0 radical (unpaired) electrons. The number of quaternary nitrogens is 1. The van der Waals surface area contributed by atoms with E-state index in [4.69, 9.17) is 0 Å². The zero-order valence-corrected chi connectivity index (χ0v) is 9.67. The highest BCUT2D eigenvalue weighted by Crippen LogP contribution is 2.34. The first kappa shape index (κ1) is 11.0. The minimum atomic E-state index is 0.166. The van der Waals surface area contributed by atoms with Gasteiger partial charge in [0.25, 0.3) is 0 Å². The van der Waals surface area contributed by atoms with Gasteiger partial charge in [0, 0.05) is 11.1 Å². The van der Waals surface area contributed by atoms with E-state index in [1.54, 1.807) is 0 Å². The molecule has 1 rings (SSSR count). The molecular formula is C13H20N+. The van der Waals surface area contributed by atoms with E-state index >= 15 is 0 Å². The Bertz CT molecular complexity index is 300. The van der Waals surface area contributed by atoms with Gasteiger partial charge in [0.1, 0.15) is 12.4 Å². The van der Waals surface area contributed by atoms with Crippen molar-refractivity contribution >= 4 is 0 Å². The molecule has 0 amide bonds. The van der Waals surface area contributed by atoms with Crippen LogP contribution in [0.3, 0.4) is 0 Å². The molecule has 0 aromatic carbocycles. The lowest BCUT2D eigenvalue weighted by Gasteiger charge is -2.37. The summed E-state index contributed by atoms with van der Waals surface area (Å²) in [7, 11) is 2.19. The van der Waals surface area contributed by atoms with Gasteiger partial charge in [-0.15, -0.1) is 0 Å². The van der Waals surface area contributed by atoms with E-state index in [1.807, 2.05) is 12.2 Å². The van der Waals surface area contributed by atoms with Crippen molar-refractivity contribution in [1.82, 2.24) is 0 Å². The Morgan fingerprint density at radius 3 is 1.64 bits per heavy atom. The van der Waals surface area contributed by atoms with Crippen LogP contribution in [0.25, 0.3) is 0 Å². The van der Waals surface area contributed by atoms with Crippen LogP contribution >= 0.6 is 0 Å². The average molecular weight is 190 g/mol. The van der Waals surface area contributed by atoms with E-state index in [2.05, 4.69) is 53.4 Å². The standard InChI is InChI=1S/C13H20N/c1-7-11-9-14(6,13(3,4)5)10-12(11)8-2/h7-10H,1-2H2,3-6H3/q+1. The van der Waals surface area contributed by atoms with Crippen molar-refractivity contribution in [1.29, 1.82) is 0 Å². The molecule has 0 fully saturated rings. The number of allylic oxidation sites excluding steroid dienone is 4. The molecule has 1 heteroatoms. The Morgan fingerprint density at radius 2 is 1.43 bits per heavy atom. The molecule has 1 aliphatic rings.